The molecule has 1 heterocycles. The fourth-order valence-electron chi connectivity index (χ4n) is 1.36. The van der Waals surface area contributed by atoms with Gasteiger partial charge in [0.05, 0.1) is 13.2 Å². The van der Waals surface area contributed by atoms with Crippen molar-refractivity contribution in [3.63, 3.8) is 0 Å². The molecule has 1 fully saturated rings. The van der Waals surface area contributed by atoms with E-state index in [1.54, 1.807) is 0 Å². The molecule has 2 N–H and O–H groups in total. The van der Waals surface area contributed by atoms with Crippen LogP contribution in [0.1, 0.15) is 27.2 Å². The van der Waals surface area contributed by atoms with Gasteiger partial charge in [-0.05, 0) is 11.8 Å². The molecule has 0 aliphatic carbocycles. The predicted molar refractivity (Wildman–Crippen MR) is 57.3 cm³/mol. The Morgan fingerprint density at radius 1 is 1.60 bits per heavy atom. The van der Waals surface area contributed by atoms with Gasteiger partial charge in [0, 0.05) is 12.5 Å². The highest BCUT2D eigenvalue weighted by Crippen LogP contribution is 2.19. The number of hydrogen-bond acceptors (Lipinski definition) is 4. The lowest BCUT2D eigenvalue weighted by atomic mass is 9.87. The SMILES string of the molecule is CC(C)(C)[C@@H](N)C(=O)OCC1CCOC1. The van der Waals surface area contributed by atoms with Crippen molar-refractivity contribution in [3.05, 3.63) is 0 Å². The minimum Gasteiger partial charge on any atom is -0.464 e. The van der Waals surface area contributed by atoms with E-state index in [-0.39, 0.29) is 11.4 Å². The Hall–Kier alpha value is -0.610. The molecule has 0 aromatic rings. The van der Waals surface area contributed by atoms with Crippen LogP contribution in [0.5, 0.6) is 0 Å². The highest BCUT2D eigenvalue weighted by Gasteiger charge is 2.29. The molecule has 2 atom stereocenters. The second-order valence-corrected chi connectivity index (χ2v) is 5.20. The van der Waals surface area contributed by atoms with Gasteiger partial charge in [-0.3, -0.25) is 4.79 Å². The summed E-state index contributed by atoms with van der Waals surface area (Å²) in [5.74, 6) is 0.0375. The van der Waals surface area contributed by atoms with E-state index in [4.69, 9.17) is 15.2 Å². The number of nitrogens with two attached hydrogens (primary N) is 1. The molecule has 1 aliphatic heterocycles. The molecular weight excluding hydrogens is 194 g/mol. The Balaban J connectivity index is 2.29. The first-order valence-electron chi connectivity index (χ1n) is 5.41. The molecule has 4 nitrogen and oxygen atoms in total. The monoisotopic (exact) mass is 215 g/mol. The molecule has 0 saturated carbocycles. The summed E-state index contributed by atoms with van der Waals surface area (Å²) in [6.45, 7) is 7.68. The summed E-state index contributed by atoms with van der Waals surface area (Å²) < 4.78 is 10.4. The van der Waals surface area contributed by atoms with Crippen molar-refractivity contribution in [1.29, 1.82) is 0 Å². The molecule has 0 aromatic carbocycles. The van der Waals surface area contributed by atoms with Crippen molar-refractivity contribution in [1.82, 2.24) is 0 Å². The predicted octanol–water partition coefficient (Wildman–Crippen LogP) is 0.940. The molecule has 0 bridgehead atoms. The van der Waals surface area contributed by atoms with Gasteiger partial charge in [0.25, 0.3) is 0 Å². The van der Waals surface area contributed by atoms with Crippen LogP contribution >= 0.6 is 0 Å². The summed E-state index contributed by atoms with van der Waals surface area (Å²) in [4.78, 5) is 11.6. The molecule has 0 radical (unpaired) electrons. The number of carbonyl (C=O) groups is 1. The molecule has 1 saturated heterocycles. The van der Waals surface area contributed by atoms with Crippen LogP contribution in [0.25, 0.3) is 0 Å². The molecule has 88 valence electrons. The second kappa shape index (κ2) is 4.94. The molecule has 0 amide bonds. The first-order chi connectivity index (χ1) is 6.91. The van der Waals surface area contributed by atoms with Gasteiger partial charge in [0.15, 0.2) is 0 Å². The summed E-state index contributed by atoms with van der Waals surface area (Å²) in [6, 6.07) is -0.556. The zero-order valence-corrected chi connectivity index (χ0v) is 9.79. The Kier molecular flexibility index (Phi) is 4.11. The highest BCUT2D eigenvalue weighted by atomic mass is 16.5. The molecule has 0 spiro atoms. The van der Waals surface area contributed by atoms with E-state index in [0.717, 1.165) is 13.0 Å². The smallest absolute Gasteiger partial charge is 0.323 e. The Bertz CT molecular complexity index is 216. The summed E-state index contributed by atoms with van der Waals surface area (Å²) in [5.41, 5.74) is 5.53. The third kappa shape index (κ3) is 3.80. The van der Waals surface area contributed by atoms with Crippen molar-refractivity contribution in [2.24, 2.45) is 17.1 Å². The third-order valence-corrected chi connectivity index (χ3v) is 2.67. The molecule has 15 heavy (non-hydrogen) atoms. The largest absolute Gasteiger partial charge is 0.464 e. The standard InChI is InChI=1S/C11H21NO3/c1-11(2,3)9(12)10(13)15-7-8-4-5-14-6-8/h8-9H,4-7,12H2,1-3H3/t8?,9-/m0/s1. The molecular formula is C11H21NO3. The Morgan fingerprint density at radius 2 is 2.27 bits per heavy atom. The topological polar surface area (TPSA) is 61.6 Å². The molecule has 1 rings (SSSR count). The van der Waals surface area contributed by atoms with Crippen molar-refractivity contribution >= 4 is 5.97 Å². The van der Waals surface area contributed by atoms with Gasteiger partial charge in [-0.15, -0.1) is 0 Å². The van der Waals surface area contributed by atoms with Crippen molar-refractivity contribution in [2.45, 2.75) is 33.2 Å². The van der Waals surface area contributed by atoms with E-state index in [0.29, 0.717) is 19.1 Å². The maximum Gasteiger partial charge on any atom is 0.323 e. The second-order valence-electron chi connectivity index (χ2n) is 5.20. The molecule has 1 aliphatic rings. The van der Waals surface area contributed by atoms with Crippen LogP contribution in [0.3, 0.4) is 0 Å². The van der Waals surface area contributed by atoms with Crippen LogP contribution in [0.4, 0.5) is 0 Å². The number of hydrogen-bond donors (Lipinski definition) is 1. The Morgan fingerprint density at radius 3 is 2.73 bits per heavy atom. The van der Waals surface area contributed by atoms with E-state index >= 15 is 0 Å². The lowest BCUT2D eigenvalue weighted by Crippen LogP contribution is -2.43. The van der Waals surface area contributed by atoms with Crippen LogP contribution in [0, 0.1) is 11.3 Å². The minimum atomic E-state index is -0.556. The number of esters is 1. The van der Waals surface area contributed by atoms with Gasteiger partial charge in [-0.25, -0.2) is 0 Å². The molecule has 0 aromatic heterocycles. The maximum absolute atomic E-state index is 11.6. The van der Waals surface area contributed by atoms with Crippen LogP contribution in [-0.4, -0.2) is 31.8 Å². The number of rotatable bonds is 3. The van der Waals surface area contributed by atoms with E-state index in [9.17, 15) is 4.79 Å². The van der Waals surface area contributed by atoms with Crippen molar-refractivity contribution < 1.29 is 14.3 Å². The first kappa shape index (κ1) is 12.5. The van der Waals surface area contributed by atoms with Crippen molar-refractivity contribution in [3.8, 4) is 0 Å². The lowest BCUT2D eigenvalue weighted by molar-refractivity contribution is -0.149. The van der Waals surface area contributed by atoms with Gasteiger partial charge in [-0.2, -0.15) is 0 Å². The van der Waals surface area contributed by atoms with Crippen LogP contribution in [-0.2, 0) is 14.3 Å². The van der Waals surface area contributed by atoms with Crippen LogP contribution < -0.4 is 5.73 Å². The number of carbonyl (C=O) groups excluding carboxylic acids is 1. The van der Waals surface area contributed by atoms with E-state index in [1.807, 2.05) is 20.8 Å². The number of ether oxygens (including phenoxy) is 2. The normalized spacial score (nSPS) is 23.9. The van der Waals surface area contributed by atoms with Gasteiger partial charge >= 0.3 is 5.97 Å². The van der Waals surface area contributed by atoms with Gasteiger partial charge in [0.1, 0.15) is 6.04 Å². The zero-order chi connectivity index (χ0) is 11.5. The maximum atomic E-state index is 11.6. The van der Waals surface area contributed by atoms with E-state index < -0.39 is 6.04 Å². The molecule has 4 heteroatoms. The molecule has 1 unspecified atom stereocenters. The van der Waals surface area contributed by atoms with Gasteiger partial charge in [0.2, 0.25) is 0 Å². The van der Waals surface area contributed by atoms with E-state index in [2.05, 4.69) is 0 Å². The highest BCUT2D eigenvalue weighted by molar-refractivity contribution is 5.76. The summed E-state index contributed by atoms with van der Waals surface area (Å²) >= 11 is 0. The average molecular weight is 215 g/mol. The Labute approximate surface area is 91.1 Å². The van der Waals surface area contributed by atoms with Crippen molar-refractivity contribution in [2.75, 3.05) is 19.8 Å². The third-order valence-electron chi connectivity index (χ3n) is 2.67. The van der Waals surface area contributed by atoms with Crippen LogP contribution in [0.15, 0.2) is 0 Å². The summed E-state index contributed by atoms with van der Waals surface area (Å²) in [7, 11) is 0. The van der Waals surface area contributed by atoms with Gasteiger partial charge in [-0.1, -0.05) is 20.8 Å². The first-order valence-corrected chi connectivity index (χ1v) is 5.41. The minimum absolute atomic E-state index is 0.247. The van der Waals surface area contributed by atoms with E-state index in [1.165, 1.54) is 0 Å². The van der Waals surface area contributed by atoms with Gasteiger partial charge < -0.3 is 15.2 Å². The lowest BCUT2D eigenvalue weighted by Gasteiger charge is -2.25. The summed E-state index contributed by atoms with van der Waals surface area (Å²) in [5, 5.41) is 0. The summed E-state index contributed by atoms with van der Waals surface area (Å²) in [6.07, 6.45) is 0.970. The zero-order valence-electron chi connectivity index (χ0n) is 9.79. The average Bonchev–Trinajstić information content (AvgIpc) is 2.63. The fourth-order valence-corrected chi connectivity index (χ4v) is 1.36. The fraction of sp³-hybridized carbons (Fsp3) is 0.909. The van der Waals surface area contributed by atoms with Crippen LogP contribution in [0.2, 0.25) is 0 Å². The quantitative estimate of drug-likeness (QED) is 0.712.